The number of nitrogens with zero attached hydrogens (tertiary/aromatic N) is 2. The molecular formula is C25H19N3OS. The number of nitrogen functional groups attached to an aromatic ring is 1. The summed E-state index contributed by atoms with van der Waals surface area (Å²) in [6.45, 7) is 0. The van der Waals surface area contributed by atoms with Gasteiger partial charge in [-0.2, -0.15) is 4.98 Å². The molecule has 0 aliphatic heterocycles. The Balaban J connectivity index is 1.63. The number of hydrogen-bond acceptors (Lipinski definition) is 5. The number of furan rings is 1. The Morgan fingerprint density at radius 2 is 1.33 bits per heavy atom. The van der Waals surface area contributed by atoms with Gasteiger partial charge in [-0.05, 0) is 17.7 Å². The molecule has 2 heterocycles. The van der Waals surface area contributed by atoms with Crippen LogP contribution in [0.1, 0.15) is 5.82 Å². The maximum atomic E-state index is 6.44. The molecule has 30 heavy (non-hydrogen) atoms. The standard InChI is InChI=1S/C25H19N3OS/c26-24-22-21(17-10-4-1-5-11-17)23(18-12-6-2-7-13-18)29-25(22)28-20(27-24)16-30-19-14-8-3-9-15-19/h1-15H,16H2,(H2,26,27,28). The minimum absolute atomic E-state index is 0.438. The molecule has 5 heteroatoms. The quantitative estimate of drug-likeness (QED) is 0.339. The van der Waals surface area contributed by atoms with Crippen LogP contribution in [0.15, 0.2) is 100 Å². The number of rotatable bonds is 5. The summed E-state index contributed by atoms with van der Waals surface area (Å²) in [4.78, 5) is 10.5. The summed E-state index contributed by atoms with van der Waals surface area (Å²) >= 11 is 1.67. The smallest absolute Gasteiger partial charge is 0.232 e. The largest absolute Gasteiger partial charge is 0.437 e. The SMILES string of the molecule is Nc1nc(CSc2ccccc2)nc2oc(-c3ccccc3)c(-c3ccccc3)c12. The molecule has 0 saturated carbocycles. The summed E-state index contributed by atoms with van der Waals surface area (Å²) in [5, 5.41) is 0.758. The second-order valence-corrected chi connectivity index (χ2v) is 7.89. The first-order valence-electron chi connectivity index (χ1n) is 9.67. The van der Waals surface area contributed by atoms with Gasteiger partial charge < -0.3 is 10.2 Å². The number of nitrogens with two attached hydrogens (primary N) is 1. The van der Waals surface area contributed by atoms with Crippen LogP contribution < -0.4 is 5.73 Å². The van der Waals surface area contributed by atoms with Crippen LogP contribution in [-0.4, -0.2) is 9.97 Å². The lowest BCUT2D eigenvalue weighted by Gasteiger charge is -2.05. The zero-order valence-corrected chi connectivity index (χ0v) is 17.0. The van der Waals surface area contributed by atoms with Gasteiger partial charge in [-0.25, -0.2) is 4.98 Å². The van der Waals surface area contributed by atoms with Crippen LogP contribution in [0.4, 0.5) is 5.82 Å². The molecule has 0 unspecified atom stereocenters. The van der Waals surface area contributed by atoms with Crippen molar-refractivity contribution < 1.29 is 4.42 Å². The summed E-state index contributed by atoms with van der Waals surface area (Å²) in [6, 6.07) is 30.3. The first kappa shape index (κ1) is 18.5. The van der Waals surface area contributed by atoms with Crippen molar-refractivity contribution in [3.8, 4) is 22.5 Å². The summed E-state index contributed by atoms with van der Waals surface area (Å²) < 4.78 is 6.27. The zero-order chi connectivity index (χ0) is 20.3. The molecule has 0 aliphatic rings. The van der Waals surface area contributed by atoms with Gasteiger partial charge in [0.15, 0.2) is 0 Å². The predicted molar refractivity (Wildman–Crippen MR) is 123 cm³/mol. The van der Waals surface area contributed by atoms with E-state index in [1.54, 1.807) is 11.8 Å². The van der Waals surface area contributed by atoms with Crippen LogP contribution in [0.25, 0.3) is 33.6 Å². The Kier molecular flexibility index (Phi) is 4.95. The predicted octanol–water partition coefficient (Wildman–Crippen LogP) is 6.43. The number of hydrogen-bond donors (Lipinski definition) is 1. The molecule has 0 bridgehead atoms. The fourth-order valence-corrected chi connectivity index (χ4v) is 4.25. The highest BCUT2D eigenvalue weighted by Crippen LogP contribution is 2.42. The average Bonchev–Trinajstić information content (AvgIpc) is 3.20. The molecule has 0 fully saturated rings. The summed E-state index contributed by atoms with van der Waals surface area (Å²) in [7, 11) is 0. The fourth-order valence-electron chi connectivity index (χ4n) is 3.47. The van der Waals surface area contributed by atoms with Gasteiger partial charge in [0.05, 0.1) is 11.1 Å². The fraction of sp³-hybridized carbons (Fsp3) is 0.0400. The lowest BCUT2D eigenvalue weighted by atomic mass is 9.99. The molecule has 5 aromatic rings. The zero-order valence-electron chi connectivity index (χ0n) is 16.2. The van der Waals surface area contributed by atoms with Gasteiger partial charge in [0.1, 0.15) is 17.4 Å². The molecule has 4 nitrogen and oxygen atoms in total. The number of anilines is 1. The Morgan fingerprint density at radius 3 is 2.00 bits per heavy atom. The molecule has 2 N–H and O–H groups in total. The number of fused-ring (bicyclic) bond motifs is 1. The van der Waals surface area contributed by atoms with Crippen molar-refractivity contribution in [2.75, 3.05) is 5.73 Å². The summed E-state index contributed by atoms with van der Waals surface area (Å²) in [6.07, 6.45) is 0. The van der Waals surface area contributed by atoms with Crippen LogP contribution >= 0.6 is 11.8 Å². The van der Waals surface area contributed by atoms with Crippen LogP contribution in [0.2, 0.25) is 0 Å². The highest BCUT2D eigenvalue weighted by atomic mass is 32.2. The molecule has 0 amide bonds. The van der Waals surface area contributed by atoms with Crippen molar-refractivity contribution in [2.45, 2.75) is 10.6 Å². The highest BCUT2D eigenvalue weighted by molar-refractivity contribution is 7.98. The van der Waals surface area contributed by atoms with Crippen molar-refractivity contribution in [3.05, 3.63) is 96.8 Å². The third-order valence-corrected chi connectivity index (χ3v) is 5.84. The minimum atomic E-state index is 0.438. The lowest BCUT2D eigenvalue weighted by molar-refractivity contribution is 0.616. The van der Waals surface area contributed by atoms with E-state index < -0.39 is 0 Å². The molecule has 146 valence electrons. The van der Waals surface area contributed by atoms with Crippen molar-refractivity contribution in [2.24, 2.45) is 0 Å². The van der Waals surface area contributed by atoms with Crippen LogP contribution in [0.3, 0.4) is 0 Å². The number of thioether (sulfide) groups is 1. The van der Waals surface area contributed by atoms with Crippen molar-refractivity contribution in [1.82, 2.24) is 9.97 Å². The second-order valence-electron chi connectivity index (χ2n) is 6.85. The van der Waals surface area contributed by atoms with E-state index in [1.807, 2.05) is 66.7 Å². The van der Waals surface area contributed by atoms with E-state index in [0.29, 0.717) is 23.1 Å². The van der Waals surface area contributed by atoms with Gasteiger partial charge in [-0.3, -0.25) is 0 Å². The van der Waals surface area contributed by atoms with E-state index in [9.17, 15) is 0 Å². The van der Waals surface area contributed by atoms with E-state index in [-0.39, 0.29) is 0 Å². The van der Waals surface area contributed by atoms with Gasteiger partial charge >= 0.3 is 0 Å². The van der Waals surface area contributed by atoms with E-state index in [1.165, 1.54) is 0 Å². The van der Waals surface area contributed by atoms with Crippen LogP contribution in [0, 0.1) is 0 Å². The molecule has 0 spiro atoms. The average molecular weight is 410 g/mol. The van der Waals surface area contributed by atoms with E-state index in [0.717, 1.165) is 32.7 Å². The van der Waals surface area contributed by atoms with Crippen LogP contribution in [0.5, 0.6) is 0 Å². The molecule has 0 aliphatic carbocycles. The third kappa shape index (κ3) is 3.55. The highest BCUT2D eigenvalue weighted by Gasteiger charge is 2.22. The Morgan fingerprint density at radius 1 is 0.733 bits per heavy atom. The van der Waals surface area contributed by atoms with Crippen molar-refractivity contribution >= 4 is 28.7 Å². The van der Waals surface area contributed by atoms with Crippen molar-refractivity contribution in [3.63, 3.8) is 0 Å². The summed E-state index contributed by atoms with van der Waals surface area (Å²) in [5.74, 6) is 2.47. The van der Waals surface area contributed by atoms with Crippen molar-refractivity contribution in [1.29, 1.82) is 0 Å². The maximum Gasteiger partial charge on any atom is 0.232 e. The maximum absolute atomic E-state index is 6.44. The third-order valence-electron chi connectivity index (χ3n) is 4.84. The van der Waals surface area contributed by atoms with E-state index in [2.05, 4.69) is 29.2 Å². The molecule has 3 aromatic carbocycles. The van der Waals surface area contributed by atoms with Crippen LogP contribution in [-0.2, 0) is 5.75 Å². The van der Waals surface area contributed by atoms with Gasteiger partial charge in [-0.15, -0.1) is 11.8 Å². The monoisotopic (exact) mass is 409 g/mol. The second kappa shape index (κ2) is 8.05. The molecule has 0 saturated heterocycles. The van der Waals surface area contributed by atoms with E-state index in [4.69, 9.17) is 15.1 Å². The molecular weight excluding hydrogens is 390 g/mol. The normalized spacial score (nSPS) is 11.1. The Hall–Kier alpha value is -3.57. The topological polar surface area (TPSA) is 64.9 Å². The Labute approximate surface area is 178 Å². The van der Waals surface area contributed by atoms with Gasteiger partial charge in [0, 0.05) is 16.0 Å². The summed E-state index contributed by atoms with van der Waals surface area (Å²) in [5.41, 5.74) is 9.89. The lowest BCUT2D eigenvalue weighted by Crippen LogP contribution is -1.99. The number of aromatic nitrogens is 2. The molecule has 2 aromatic heterocycles. The first-order chi connectivity index (χ1) is 14.8. The Bertz CT molecular complexity index is 1290. The number of benzene rings is 3. The minimum Gasteiger partial charge on any atom is -0.437 e. The molecule has 5 rings (SSSR count). The molecule has 0 radical (unpaired) electrons. The van der Waals surface area contributed by atoms with Gasteiger partial charge in [0.2, 0.25) is 5.71 Å². The van der Waals surface area contributed by atoms with Gasteiger partial charge in [0.25, 0.3) is 0 Å². The molecule has 0 atom stereocenters. The van der Waals surface area contributed by atoms with E-state index >= 15 is 0 Å². The first-order valence-corrected chi connectivity index (χ1v) is 10.7. The van der Waals surface area contributed by atoms with Gasteiger partial charge in [-0.1, -0.05) is 78.9 Å².